The van der Waals surface area contributed by atoms with Crippen LogP contribution in [0.15, 0.2) is 18.2 Å². The number of rotatable bonds is 6. The van der Waals surface area contributed by atoms with Crippen LogP contribution in [0.3, 0.4) is 0 Å². The van der Waals surface area contributed by atoms with Crippen LogP contribution in [0.1, 0.15) is 22.8 Å². The third-order valence-corrected chi connectivity index (χ3v) is 4.55. The van der Waals surface area contributed by atoms with Gasteiger partial charge in [-0.25, -0.2) is 0 Å². The van der Waals surface area contributed by atoms with E-state index in [1.54, 1.807) is 0 Å². The van der Waals surface area contributed by atoms with Crippen LogP contribution >= 0.6 is 11.8 Å². The van der Waals surface area contributed by atoms with Gasteiger partial charge < -0.3 is 10.6 Å². The zero-order valence-electron chi connectivity index (χ0n) is 12.9. The number of benzene rings is 1. The molecule has 0 radical (unpaired) electrons. The fourth-order valence-electron chi connectivity index (χ4n) is 2.44. The number of hydrogen-bond donors (Lipinski definition) is 2. The van der Waals surface area contributed by atoms with E-state index in [2.05, 4.69) is 15.5 Å². The summed E-state index contributed by atoms with van der Waals surface area (Å²) in [6, 6.07) is 5.91. The summed E-state index contributed by atoms with van der Waals surface area (Å²) in [7, 11) is 0. The molecule has 1 aromatic carbocycles. The normalized spacial score (nSPS) is 15.7. The van der Waals surface area contributed by atoms with Gasteiger partial charge in [0.1, 0.15) is 0 Å². The lowest BCUT2D eigenvalue weighted by molar-refractivity contribution is 0.0949. The van der Waals surface area contributed by atoms with Crippen LogP contribution in [0, 0.1) is 6.92 Å². The average Bonchev–Trinajstić information content (AvgIpc) is 2.49. The molecule has 1 saturated heterocycles. The van der Waals surface area contributed by atoms with E-state index in [1.807, 2.05) is 43.8 Å². The molecule has 0 unspecified atom stereocenters. The van der Waals surface area contributed by atoms with Gasteiger partial charge in [-0.05, 0) is 31.5 Å². The van der Waals surface area contributed by atoms with Gasteiger partial charge in [-0.3, -0.25) is 9.69 Å². The predicted molar refractivity (Wildman–Crippen MR) is 91.4 cm³/mol. The van der Waals surface area contributed by atoms with Gasteiger partial charge in [-0.15, -0.1) is 0 Å². The highest BCUT2D eigenvalue weighted by atomic mass is 32.2. The summed E-state index contributed by atoms with van der Waals surface area (Å²) >= 11 is 2.01. The van der Waals surface area contributed by atoms with E-state index in [0.29, 0.717) is 6.54 Å². The highest BCUT2D eigenvalue weighted by Crippen LogP contribution is 2.17. The molecule has 0 aliphatic carbocycles. The smallest absolute Gasteiger partial charge is 0.253 e. The second kappa shape index (κ2) is 8.29. The molecular weight excluding hydrogens is 282 g/mol. The van der Waals surface area contributed by atoms with Gasteiger partial charge in [0.15, 0.2) is 0 Å². The molecule has 0 aromatic heterocycles. The minimum absolute atomic E-state index is 0.0114. The number of carbonyl (C=O) groups is 1. The number of anilines is 1. The molecular formula is C16H25N3OS. The molecule has 21 heavy (non-hydrogen) atoms. The van der Waals surface area contributed by atoms with Gasteiger partial charge in [0.2, 0.25) is 0 Å². The van der Waals surface area contributed by atoms with Crippen molar-refractivity contribution < 1.29 is 4.79 Å². The molecule has 1 aromatic rings. The molecule has 4 nitrogen and oxygen atoms in total. The minimum Gasteiger partial charge on any atom is -0.385 e. The number of amides is 1. The van der Waals surface area contributed by atoms with Crippen LogP contribution in [-0.4, -0.2) is 55.0 Å². The number of nitrogens with one attached hydrogen (secondary N) is 2. The third kappa shape index (κ3) is 4.93. The second-order valence-electron chi connectivity index (χ2n) is 5.29. The molecule has 2 rings (SSSR count). The highest BCUT2D eigenvalue weighted by molar-refractivity contribution is 7.99. The first-order chi connectivity index (χ1) is 10.2. The van der Waals surface area contributed by atoms with Crippen LogP contribution in [0.25, 0.3) is 0 Å². The second-order valence-corrected chi connectivity index (χ2v) is 6.51. The Morgan fingerprint density at radius 2 is 2.10 bits per heavy atom. The first-order valence-electron chi connectivity index (χ1n) is 7.63. The van der Waals surface area contributed by atoms with Crippen LogP contribution < -0.4 is 10.6 Å². The molecule has 0 atom stereocenters. The number of carbonyl (C=O) groups excluding carboxylic acids is 1. The Hall–Kier alpha value is -1.20. The van der Waals surface area contributed by atoms with E-state index in [9.17, 15) is 4.79 Å². The average molecular weight is 307 g/mol. The predicted octanol–water partition coefficient (Wildman–Crippen LogP) is 2.21. The quantitative estimate of drug-likeness (QED) is 0.846. The maximum absolute atomic E-state index is 12.3. The van der Waals surface area contributed by atoms with E-state index in [-0.39, 0.29) is 5.91 Å². The van der Waals surface area contributed by atoms with E-state index < -0.39 is 0 Å². The molecule has 0 saturated carbocycles. The third-order valence-electron chi connectivity index (χ3n) is 3.60. The molecule has 0 spiro atoms. The highest BCUT2D eigenvalue weighted by Gasteiger charge is 2.13. The Kier molecular flexibility index (Phi) is 6.39. The monoisotopic (exact) mass is 307 g/mol. The maximum atomic E-state index is 12.3. The first-order valence-corrected chi connectivity index (χ1v) is 8.79. The lowest BCUT2D eigenvalue weighted by Gasteiger charge is -2.26. The molecule has 5 heteroatoms. The van der Waals surface area contributed by atoms with Crippen molar-refractivity contribution >= 4 is 23.4 Å². The zero-order chi connectivity index (χ0) is 15.1. The van der Waals surface area contributed by atoms with Gasteiger partial charge in [0.25, 0.3) is 5.91 Å². The topological polar surface area (TPSA) is 44.4 Å². The van der Waals surface area contributed by atoms with Gasteiger partial charge in [-0.2, -0.15) is 11.8 Å². The van der Waals surface area contributed by atoms with Crippen molar-refractivity contribution in [2.75, 3.05) is 49.5 Å². The Bertz CT molecular complexity index is 473. The Morgan fingerprint density at radius 3 is 2.81 bits per heavy atom. The summed E-state index contributed by atoms with van der Waals surface area (Å²) in [6.45, 7) is 8.81. The fourth-order valence-corrected chi connectivity index (χ4v) is 3.42. The molecule has 1 aliphatic rings. The van der Waals surface area contributed by atoms with Crippen molar-refractivity contribution in [3.05, 3.63) is 29.3 Å². The van der Waals surface area contributed by atoms with Crippen LogP contribution in [0.5, 0.6) is 0 Å². The van der Waals surface area contributed by atoms with Gasteiger partial charge >= 0.3 is 0 Å². The van der Waals surface area contributed by atoms with Gasteiger partial charge in [0, 0.05) is 49.9 Å². The molecule has 2 N–H and O–H groups in total. The van der Waals surface area contributed by atoms with Crippen molar-refractivity contribution in [2.45, 2.75) is 13.8 Å². The van der Waals surface area contributed by atoms with Crippen molar-refractivity contribution in [3.63, 3.8) is 0 Å². The van der Waals surface area contributed by atoms with E-state index in [4.69, 9.17) is 0 Å². The van der Waals surface area contributed by atoms with Crippen molar-refractivity contribution in [1.29, 1.82) is 0 Å². The number of nitrogens with zero attached hydrogens (tertiary/aromatic N) is 1. The molecule has 1 amide bonds. The molecule has 1 heterocycles. The fraction of sp³-hybridized carbons (Fsp3) is 0.562. The summed E-state index contributed by atoms with van der Waals surface area (Å²) < 4.78 is 0. The minimum atomic E-state index is 0.0114. The Balaban J connectivity index is 1.87. The molecule has 1 fully saturated rings. The lowest BCUT2D eigenvalue weighted by atomic mass is 10.1. The summed E-state index contributed by atoms with van der Waals surface area (Å²) in [6.07, 6.45) is 0. The standard InChI is InChI=1S/C16H25N3OS/c1-3-17-15-12-13(2)4-5-14(15)16(20)18-6-7-19-8-10-21-11-9-19/h4-5,12,17H,3,6-11H2,1-2H3,(H,18,20). The maximum Gasteiger partial charge on any atom is 0.253 e. The molecule has 1 aliphatic heterocycles. The summed E-state index contributed by atoms with van der Waals surface area (Å²) in [4.78, 5) is 14.7. The van der Waals surface area contributed by atoms with E-state index >= 15 is 0 Å². The SMILES string of the molecule is CCNc1cc(C)ccc1C(=O)NCCN1CCSCC1. The summed E-state index contributed by atoms with van der Waals surface area (Å²) in [5.41, 5.74) is 2.81. The van der Waals surface area contributed by atoms with Crippen LogP contribution in [0.2, 0.25) is 0 Å². The zero-order valence-corrected chi connectivity index (χ0v) is 13.8. The van der Waals surface area contributed by atoms with Gasteiger partial charge in [-0.1, -0.05) is 6.07 Å². The van der Waals surface area contributed by atoms with Gasteiger partial charge in [0.05, 0.1) is 5.56 Å². The van der Waals surface area contributed by atoms with Crippen LogP contribution in [-0.2, 0) is 0 Å². The number of aryl methyl sites for hydroxylation is 1. The Labute approximate surface area is 131 Å². The molecule has 116 valence electrons. The lowest BCUT2D eigenvalue weighted by Crippen LogP contribution is -2.39. The first kappa shape index (κ1) is 16.2. The van der Waals surface area contributed by atoms with Crippen molar-refractivity contribution in [1.82, 2.24) is 10.2 Å². The number of hydrogen-bond acceptors (Lipinski definition) is 4. The van der Waals surface area contributed by atoms with Crippen molar-refractivity contribution in [2.24, 2.45) is 0 Å². The molecule has 0 bridgehead atoms. The summed E-state index contributed by atoms with van der Waals surface area (Å²) in [5.74, 6) is 2.42. The summed E-state index contributed by atoms with van der Waals surface area (Å²) in [5, 5.41) is 6.30. The van der Waals surface area contributed by atoms with E-state index in [1.165, 1.54) is 11.5 Å². The van der Waals surface area contributed by atoms with Crippen molar-refractivity contribution in [3.8, 4) is 0 Å². The van der Waals surface area contributed by atoms with E-state index in [0.717, 1.165) is 43.0 Å². The van der Waals surface area contributed by atoms with Crippen LogP contribution in [0.4, 0.5) is 5.69 Å². The Morgan fingerprint density at radius 1 is 1.33 bits per heavy atom. The largest absolute Gasteiger partial charge is 0.385 e. The number of thioether (sulfide) groups is 1.